The van der Waals surface area contributed by atoms with Gasteiger partial charge in [0, 0.05) is 17.6 Å². The van der Waals surface area contributed by atoms with Crippen LogP contribution in [0.3, 0.4) is 0 Å². The van der Waals surface area contributed by atoms with Gasteiger partial charge in [0.05, 0.1) is 32.5 Å². The van der Waals surface area contributed by atoms with Crippen molar-refractivity contribution in [3.8, 4) is 0 Å². The van der Waals surface area contributed by atoms with Gasteiger partial charge in [-0.1, -0.05) is 28.1 Å². The Morgan fingerprint density at radius 2 is 1.95 bits per heavy atom. The zero-order valence-electron chi connectivity index (χ0n) is 11.5. The highest BCUT2D eigenvalue weighted by Crippen LogP contribution is 2.23. The molecule has 19 heavy (non-hydrogen) atoms. The maximum Gasteiger partial charge on any atom is 0.0974 e. The van der Waals surface area contributed by atoms with E-state index in [1.54, 1.807) is 7.11 Å². The summed E-state index contributed by atoms with van der Waals surface area (Å²) in [5, 5.41) is 0. The molecule has 5 heteroatoms. The second kappa shape index (κ2) is 9.44. The monoisotopic (exact) mass is 331 g/mol. The molecular formula is C14H22BrNO3. The van der Waals surface area contributed by atoms with Crippen molar-refractivity contribution in [1.82, 2.24) is 0 Å². The van der Waals surface area contributed by atoms with Crippen LogP contribution in [0.25, 0.3) is 0 Å². The third kappa shape index (κ3) is 6.49. The molecule has 0 saturated carbocycles. The molecule has 0 aliphatic heterocycles. The summed E-state index contributed by atoms with van der Waals surface area (Å²) >= 11 is 3.45. The van der Waals surface area contributed by atoms with Crippen molar-refractivity contribution >= 4 is 15.9 Å². The summed E-state index contributed by atoms with van der Waals surface area (Å²) in [6.45, 7) is 4.18. The quantitative estimate of drug-likeness (QED) is 0.706. The minimum absolute atomic E-state index is 0.0757. The zero-order chi connectivity index (χ0) is 14.1. The lowest BCUT2D eigenvalue weighted by atomic mass is 10.0. The molecule has 1 aromatic rings. The third-order valence-corrected chi connectivity index (χ3v) is 3.10. The maximum atomic E-state index is 5.98. The third-order valence-electron chi connectivity index (χ3n) is 2.61. The molecule has 0 amide bonds. The minimum Gasteiger partial charge on any atom is -0.382 e. The lowest BCUT2D eigenvalue weighted by Crippen LogP contribution is -2.28. The number of ether oxygens (including phenoxy) is 3. The molecule has 4 nitrogen and oxygen atoms in total. The number of rotatable bonds is 9. The van der Waals surface area contributed by atoms with Crippen LogP contribution in [0.15, 0.2) is 28.7 Å². The second-order valence-electron chi connectivity index (χ2n) is 4.31. The number of halogens is 1. The fraction of sp³-hybridized carbons (Fsp3) is 0.571. The average molecular weight is 332 g/mol. The van der Waals surface area contributed by atoms with E-state index in [0.717, 1.165) is 10.0 Å². The largest absolute Gasteiger partial charge is 0.382 e. The fourth-order valence-corrected chi connectivity index (χ4v) is 2.13. The Morgan fingerprint density at radius 1 is 1.21 bits per heavy atom. The summed E-state index contributed by atoms with van der Waals surface area (Å²) in [7, 11) is 1.65. The van der Waals surface area contributed by atoms with Gasteiger partial charge in [-0.3, -0.25) is 0 Å². The number of hydrogen-bond acceptors (Lipinski definition) is 4. The minimum atomic E-state index is -0.122. The molecule has 2 N–H and O–H groups in total. The molecular weight excluding hydrogens is 310 g/mol. The molecule has 0 heterocycles. The Bertz CT molecular complexity index is 360. The van der Waals surface area contributed by atoms with Gasteiger partial charge in [-0.05, 0) is 24.6 Å². The highest BCUT2D eigenvalue weighted by atomic mass is 79.9. The molecule has 1 aromatic carbocycles. The molecule has 0 aliphatic rings. The normalized spacial score (nSPS) is 14.3. The van der Waals surface area contributed by atoms with Crippen LogP contribution >= 0.6 is 15.9 Å². The standard InChI is InChI=1S/C14H22BrNO3/c1-11(16)14(12-4-3-5-13(15)10-12)19-9-8-18-7-6-17-2/h3-5,10-11,14H,6-9,16H2,1-2H3. The van der Waals surface area contributed by atoms with Crippen LogP contribution in [-0.2, 0) is 14.2 Å². The van der Waals surface area contributed by atoms with Gasteiger partial charge >= 0.3 is 0 Å². The zero-order valence-corrected chi connectivity index (χ0v) is 13.1. The second-order valence-corrected chi connectivity index (χ2v) is 5.23. The molecule has 0 fully saturated rings. The molecule has 1 rings (SSSR count). The summed E-state index contributed by atoms with van der Waals surface area (Å²) in [6.07, 6.45) is -0.122. The Hall–Kier alpha value is -0.460. The lowest BCUT2D eigenvalue weighted by molar-refractivity contribution is -0.0142. The van der Waals surface area contributed by atoms with Gasteiger partial charge in [0.15, 0.2) is 0 Å². The van der Waals surface area contributed by atoms with Gasteiger partial charge in [0.2, 0.25) is 0 Å². The Labute approximate surface area is 123 Å². The Kier molecular flexibility index (Phi) is 8.25. The van der Waals surface area contributed by atoms with Gasteiger partial charge in [-0.25, -0.2) is 0 Å². The molecule has 0 aromatic heterocycles. The highest BCUT2D eigenvalue weighted by Gasteiger charge is 2.16. The Morgan fingerprint density at radius 3 is 2.58 bits per heavy atom. The first-order valence-corrected chi connectivity index (χ1v) is 7.13. The van der Waals surface area contributed by atoms with E-state index < -0.39 is 0 Å². The van der Waals surface area contributed by atoms with Crippen LogP contribution in [0.2, 0.25) is 0 Å². The van der Waals surface area contributed by atoms with Crippen molar-refractivity contribution in [3.05, 3.63) is 34.3 Å². The summed E-state index contributed by atoms with van der Waals surface area (Å²) in [6, 6.07) is 7.93. The number of hydrogen-bond donors (Lipinski definition) is 1. The molecule has 2 atom stereocenters. The van der Waals surface area contributed by atoms with E-state index in [-0.39, 0.29) is 12.1 Å². The van der Waals surface area contributed by atoms with E-state index >= 15 is 0 Å². The summed E-state index contributed by atoms with van der Waals surface area (Å²) in [5.41, 5.74) is 7.05. The van der Waals surface area contributed by atoms with Crippen molar-refractivity contribution < 1.29 is 14.2 Å². The van der Waals surface area contributed by atoms with Gasteiger partial charge in [0.25, 0.3) is 0 Å². The van der Waals surface area contributed by atoms with Gasteiger partial charge in [-0.2, -0.15) is 0 Å². The van der Waals surface area contributed by atoms with Gasteiger partial charge in [-0.15, -0.1) is 0 Å². The average Bonchev–Trinajstić information content (AvgIpc) is 2.37. The van der Waals surface area contributed by atoms with Crippen LogP contribution in [0, 0.1) is 0 Å². The van der Waals surface area contributed by atoms with Crippen LogP contribution in [0.1, 0.15) is 18.6 Å². The van der Waals surface area contributed by atoms with Gasteiger partial charge in [0.1, 0.15) is 0 Å². The first kappa shape index (κ1) is 16.6. The molecule has 0 spiro atoms. The molecule has 0 bridgehead atoms. The van der Waals surface area contributed by atoms with Crippen LogP contribution in [0.5, 0.6) is 0 Å². The van der Waals surface area contributed by atoms with E-state index in [0.29, 0.717) is 26.4 Å². The maximum absolute atomic E-state index is 5.98. The predicted molar refractivity (Wildman–Crippen MR) is 79.2 cm³/mol. The summed E-state index contributed by atoms with van der Waals surface area (Å²) < 4.78 is 17.1. The number of nitrogens with two attached hydrogens (primary N) is 1. The van der Waals surface area contributed by atoms with Crippen LogP contribution in [0.4, 0.5) is 0 Å². The van der Waals surface area contributed by atoms with E-state index in [2.05, 4.69) is 15.9 Å². The van der Waals surface area contributed by atoms with E-state index in [1.807, 2.05) is 31.2 Å². The van der Waals surface area contributed by atoms with Crippen molar-refractivity contribution in [3.63, 3.8) is 0 Å². The first-order valence-electron chi connectivity index (χ1n) is 6.34. The SMILES string of the molecule is COCCOCCOC(c1cccc(Br)c1)C(C)N. The number of benzene rings is 1. The lowest BCUT2D eigenvalue weighted by Gasteiger charge is -2.22. The van der Waals surface area contributed by atoms with E-state index in [9.17, 15) is 0 Å². The molecule has 0 saturated heterocycles. The summed E-state index contributed by atoms with van der Waals surface area (Å²) in [4.78, 5) is 0. The fourth-order valence-electron chi connectivity index (χ4n) is 1.71. The molecule has 0 radical (unpaired) electrons. The van der Waals surface area contributed by atoms with Gasteiger partial charge < -0.3 is 19.9 Å². The summed E-state index contributed by atoms with van der Waals surface area (Å²) in [5.74, 6) is 0. The van der Waals surface area contributed by atoms with Crippen molar-refractivity contribution in [1.29, 1.82) is 0 Å². The topological polar surface area (TPSA) is 53.7 Å². The molecule has 2 unspecified atom stereocenters. The van der Waals surface area contributed by atoms with Crippen molar-refractivity contribution in [2.24, 2.45) is 5.73 Å². The van der Waals surface area contributed by atoms with Crippen LogP contribution in [-0.4, -0.2) is 39.6 Å². The van der Waals surface area contributed by atoms with Crippen molar-refractivity contribution in [2.75, 3.05) is 33.5 Å². The molecule has 0 aliphatic carbocycles. The van der Waals surface area contributed by atoms with E-state index in [4.69, 9.17) is 19.9 Å². The first-order chi connectivity index (χ1) is 9.15. The number of methoxy groups -OCH3 is 1. The smallest absolute Gasteiger partial charge is 0.0974 e. The molecule has 108 valence electrons. The Balaban J connectivity index is 2.41. The highest BCUT2D eigenvalue weighted by molar-refractivity contribution is 9.10. The van der Waals surface area contributed by atoms with E-state index in [1.165, 1.54) is 0 Å². The van der Waals surface area contributed by atoms with Crippen LogP contribution < -0.4 is 5.73 Å². The predicted octanol–water partition coefficient (Wildman–Crippen LogP) is 2.52. The van der Waals surface area contributed by atoms with Crippen molar-refractivity contribution in [2.45, 2.75) is 19.1 Å².